The van der Waals surface area contributed by atoms with Gasteiger partial charge < -0.3 is 24.7 Å². The van der Waals surface area contributed by atoms with Gasteiger partial charge in [0.05, 0.1) is 26.9 Å². The summed E-state index contributed by atoms with van der Waals surface area (Å²) < 4.78 is 21.6. The number of allylic oxidation sites excluding steroid dienone is 2. The van der Waals surface area contributed by atoms with Crippen LogP contribution in [-0.2, 0) is 4.74 Å². The molecule has 0 saturated carbocycles. The lowest BCUT2D eigenvalue weighted by atomic mass is 9.89. The zero-order chi connectivity index (χ0) is 19.4. The summed E-state index contributed by atoms with van der Waals surface area (Å²) in [6, 6.07) is 15.1. The van der Waals surface area contributed by atoms with Crippen LogP contribution in [0.25, 0.3) is 5.76 Å². The van der Waals surface area contributed by atoms with Crippen molar-refractivity contribution in [3.63, 3.8) is 0 Å². The first-order valence-electron chi connectivity index (χ1n) is 8.27. The standard InChI is InChI=1S/C21H20N2O4/c1-24-14-6-4-13(5-7-14)17-11-20(27-21(23)18(17)12-22)16-9-8-15(25-2)10-19(16)26-3/h4-11,17H,23H2,1-3H3. The Bertz CT molecular complexity index is 940. The van der Waals surface area contributed by atoms with E-state index in [1.165, 1.54) is 0 Å². The summed E-state index contributed by atoms with van der Waals surface area (Å²) in [6.07, 6.45) is 1.86. The molecule has 0 saturated heterocycles. The predicted octanol–water partition coefficient (Wildman–Crippen LogP) is 3.56. The third-order valence-corrected chi connectivity index (χ3v) is 4.38. The molecule has 1 aliphatic heterocycles. The van der Waals surface area contributed by atoms with Gasteiger partial charge in [-0.3, -0.25) is 0 Å². The van der Waals surface area contributed by atoms with E-state index in [-0.39, 0.29) is 11.8 Å². The van der Waals surface area contributed by atoms with Crippen LogP contribution in [0.3, 0.4) is 0 Å². The summed E-state index contributed by atoms with van der Waals surface area (Å²) in [4.78, 5) is 0. The second-order valence-corrected chi connectivity index (χ2v) is 5.84. The Hall–Kier alpha value is -3.59. The molecule has 0 amide bonds. The molecular formula is C21H20N2O4. The molecule has 1 atom stereocenters. The maximum absolute atomic E-state index is 9.56. The second-order valence-electron chi connectivity index (χ2n) is 5.84. The Morgan fingerprint density at radius 2 is 1.63 bits per heavy atom. The number of nitriles is 1. The highest BCUT2D eigenvalue weighted by Gasteiger charge is 2.27. The van der Waals surface area contributed by atoms with Crippen molar-refractivity contribution in [1.82, 2.24) is 0 Å². The van der Waals surface area contributed by atoms with Crippen LogP contribution in [0.1, 0.15) is 17.0 Å². The van der Waals surface area contributed by atoms with Crippen molar-refractivity contribution in [3.8, 4) is 23.3 Å². The highest BCUT2D eigenvalue weighted by molar-refractivity contribution is 5.71. The molecule has 6 heteroatoms. The Morgan fingerprint density at radius 1 is 0.963 bits per heavy atom. The molecule has 3 rings (SSSR count). The molecular weight excluding hydrogens is 344 g/mol. The molecule has 0 aromatic heterocycles. The number of hydrogen-bond donors (Lipinski definition) is 1. The van der Waals surface area contributed by atoms with Crippen LogP contribution in [0.5, 0.6) is 17.2 Å². The van der Waals surface area contributed by atoms with Gasteiger partial charge >= 0.3 is 0 Å². The van der Waals surface area contributed by atoms with Gasteiger partial charge in [-0.05, 0) is 35.9 Å². The molecule has 2 aromatic rings. The maximum atomic E-state index is 9.56. The smallest absolute Gasteiger partial charge is 0.205 e. The number of ether oxygens (including phenoxy) is 4. The zero-order valence-electron chi connectivity index (χ0n) is 15.4. The number of methoxy groups -OCH3 is 3. The predicted molar refractivity (Wildman–Crippen MR) is 101 cm³/mol. The first-order valence-corrected chi connectivity index (χ1v) is 8.27. The molecule has 0 bridgehead atoms. The van der Waals surface area contributed by atoms with Crippen molar-refractivity contribution in [1.29, 1.82) is 5.26 Å². The van der Waals surface area contributed by atoms with Crippen molar-refractivity contribution in [2.24, 2.45) is 5.73 Å². The van der Waals surface area contributed by atoms with Gasteiger partial charge in [0.15, 0.2) is 0 Å². The summed E-state index contributed by atoms with van der Waals surface area (Å²) >= 11 is 0. The largest absolute Gasteiger partial charge is 0.497 e. The van der Waals surface area contributed by atoms with Gasteiger partial charge in [-0.2, -0.15) is 5.26 Å². The van der Waals surface area contributed by atoms with E-state index in [1.54, 1.807) is 27.4 Å². The number of nitrogens with zero attached hydrogens (tertiary/aromatic N) is 1. The third-order valence-electron chi connectivity index (χ3n) is 4.38. The number of rotatable bonds is 5. The molecule has 27 heavy (non-hydrogen) atoms. The normalized spacial score (nSPS) is 16.1. The highest BCUT2D eigenvalue weighted by Crippen LogP contribution is 2.39. The maximum Gasteiger partial charge on any atom is 0.205 e. The van der Waals surface area contributed by atoms with Gasteiger partial charge in [-0.25, -0.2) is 0 Å². The molecule has 0 spiro atoms. The molecule has 0 aliphatic carbocycles. The lowest BCUT2D eigenvalue weighted by Crippen LogP contribution is -2.16. The fourth-order valence-corrected chi connectivity index (χ4v) is 2.94. The van der Waals surface area contributed by atoms with Crippen molar-refractivity contribution in [2.75, 3.05) is 21.3 Å². The molecule has 1 aliphatic rings. The van der Waals surface area contributed by atoms with Gasteiger partial charge in [0, 0.05) is 12.0 Å². The molecule has 2 aromatic carbocycles. The molecule has 0 fully saturated rings. The molecule has 1 unspecified atom stereocenters. The van der Waals surface area contributed by atoms with Crippen LogP contribution in [0.2, 0.25) is 0 Å². The first-order chi connectivity index (χ1) is 13.1. The minimum atomic E-state index is -0.337. The lowest BCUT2D eigenvalue weighted by Gasteiger charge is -2.24. The Kier molecular flexibility index (Phi) is 5.23. The van der Waals surface area contributed by atoms with Crippen molar-refractivity contribution in [3.05, 3.63) is 71.1 Å². The summed E-state index contributed by atoms with van der Waals surface area (Å²) in [7, 11) is 4.77. The highest BCUT2D eigenvalue weighted by atomic mass is 16.5. The van der Waals surface area contributed by atoms with E-state index < -0.39 is 0 Å². The zero-order valence-corrected chi connectivity index (χ0v) is 15.4. The molecule has 1 heterocycles. The van der Waals surface area contributed by atoms with Crippen molar-refractivity contribution in [2.45, 2.75) is 5.92 Å². The van der Waals surface area contributed by atoms with E-state index in [9.17, 15) is 5.26 Å². The molecule has 0 radical (unpaired) electrons. The van der Waals surface area contributed by atoms with Gasteiger partial charge in [-0.15, -0.1) is 0 Å². The summed E-state index contributed by atoms with van der Waals surface area (Å²) in [5.41, 5.74) is 8.04. The second kappa shape index (κ2) is 7.75. The molecule has 2 N–H and O–H groups in total. The van der Waals surface area contributed by atoms with Crippen LogP contribution in [0.15, 0.2) is 60.0 Å². The average Bonchev–Trinajstić information content (AvgIpc) is 2.72. The molecule has 138 valence electrons. The van der Waals surface area contributed by atoms with E-state index in [1.807, 2.05) is 42.5 Å². The lowest BCUT2D eigenvalue weighted by molar-refractivity contribution is 0.352. The Labute approximate surface area is 158 Å². The van der Waals surface area contributed by atoms with E-state index in [0.717, 1.165) is 16.9 Å². The molecule has 6 nitrogen and oxygen atoms in total. The van der Waals surface area contributed by atoms with Gasteiger partial charge in [0.2, 0.25) is 5.88 Å². The summed E-state index contributed by atoms with van der Waals surface area (Å²) in [6.45, 7) is 0. The third kappa shape index (κ3) is 3.53. The Morgan fingerprint density at radius 3 is 2.22 bits per heavy atom. The quantitative estimate of drug-likeness (QED) is 0.873. The summed E-state index contributed by atoms with van der Waals surface area (Å²) in [5, 5.41) is 9.56. The minimum Gasteiger partial charge on any atom is -0.497 e. The van der Waals surface area contributed by atoms with E-state index in [2.05, 4.69) is 6.07 Å². The summed E-state index contributed by atoms with van der Waals surface area (Å²) in [5.74, 6) is 2.25. The van der Waals surface area contributed by atoms with Gasteiger partial charge in [0.25, 0.3) is 0 Å². The van der Waals surface area contributed by atoms with Crippen LogP contribution < -0.4 is 19.9 Å². The van der Waals surface area contributed by atoms with Gasteiger partial charge in [-0.1, -0.05) is 12.1 Å². The Balaban J connectivity index is 2.07. The SMILES string of the molecule is COc1ccc(C2C=C(c3ccc(OC)cc3OC)OC(N)=C2C#N)cc1. The van der Waals surface area contributed by atoms with E-state index >= 15 is 0 Å². The minimum absolute atomic E-state index is 0.0775. The fourth-order valence-electron chi connectivity index (χ4n) is 2.94. The van der Waals surface area contributed by atoms with Gasteiger partial charge in [0.1, 0.15) is 34.7 Å². The topological polar surface area (TPSA) is 86.7 Å². The van der Waals surface area contributed by atoms with E-state index in [0.29, 0.717) is 22.8 Å². The fraction of sp³-hybridized carbons (Fsp3) is 0.190. The first kappa shape index (κ1) is 18.2. The average molecular weight is 364 g/mol. The monoisotopic (exact) mass is 364 g/mol. The van der Waals surface area contributed by atoms with Crippen LogP contribution in [0, 0.1) is 11.3 Å². The van der Waals surface area contributed by atoms with Crippen LogP contribution >= 0.6 is 0 Å². The van der Waals surface area contributed by atoms with E-state index in [4.69, 9.17) is 24.7 Å². The van der Waals surface area contributed by atoms with Crippen molar-refractivity contribution >= 4 is 5.76 Å². The number of nitrogens with two attached hydrogens (primary N) is 1. The number of benzene rings is 2. The van der Waals surface area contributed by atoms with Crippen molar-refractivity contribution < 1.29 is 18.9 Å². The van der Waals surface area contributed by atoms with Crippen LogP contribution in [-0.4, -0.2) is 21.3 Å². The number of hydrogen-bond acceptors (Lipinski definition) is 6. The van der Waals surface area contributed by atoms with Crippen LogP contribution in [0.4, 0.5) is 0 Å².